The van der Waals surface area contributed by atoms with Gasteiger partial charge in [-0.25, -0.2) is 9.97 Å². The van der Waals surface area contributed by atoms with Gasteiger partial charge in [-0.1, -0.05) is 23.7 Å². The summed E-state index contributed by atoms with van der Waals surface area (Å²) in [4.78, 5) is 8.28. The number of rotatable bonds is 7. The summed E-state index contributed by atoms with van der Waals surface area (Å²) >= 11 is 6.01. The van der Waals surface area contributed by atoms with Crippen molar-refractivity contribution in [2.75, 3.05) is 12.8 Å². The number of ether oxygens (including phenoxy) is 3. The fourth-order valence-electron chi connectivity index (χ4n) is 3.02. The van der Waals surface area contributed by atoms with Crippen LogP contribution in [0, 0.1) is 0 Å². The second kappa shape index (κ2) is 9.45. The van der Waals surface area contributed by atoms with Gasteiger partial charge < -0.3 is 25.1 Å². The Labute approximate surface area is 190 Å². The zero-order valence-electron chi connectivity index (χ0n) is 17.2. The molecular formula is C24H20ClN3O4. The summed E-state index contributed by atoms with van der Waals surface area (Å²) in [7, 11) is 1.59. The average Bonchev–Trinajstić information content (AvgIpc) is 2.80. The second-order valence-corrected chi connectivity index (χ2v) is 7.25. The van der Waals surface area contributed by atoms with E-state index in [-0.39, 0.29) is 11.7 Å². The number of methoxy groups -OCH3 is 1. The number of phenols is 1. The quantitative estimate of drug-likeness (QED) is 0.386. The van der Waals surface area contributed by atoms with E-state index in [1.165, 1.54) is 12.3 Å². The Balaban J connectivity index is 1.57. The summed E-state index contributed by atoms with van der Waals surface area (Å²) in [5.74, 6) is 2.12. The van der Waals surface area contributed by atoms with Gasteiger partial charge in [0.2, 0.25) is 5.95 Å². The van der Waals surface area contributed by atoms with E-state index in [2.05, 4.69) is 9.97 Å². The number of nitrogens with zero attached hydrogens (tertiary/aromatic N) is 2. The molecule has 0 unspecified atom stereocenters. The minimum atomic E-state index is -0.0359. The lowest BCUT2D eigenvalue weighted by Crippen LogP contribution is -2.00. The Bertz CT molecular complexity index is 1230. The molecule has 1 aromatic heterocycles. The van der Waals surface area contributed by atoms with Crippen LogP contribution in [0.1, 0.15) is 5.56 Å². The van der Waals surface area contributed by atoms with Crippen molar-refractivity contribution in [3.8, 4) is 40.0 Å². The van der Waals surface area contributed by atoms with Gasteiger partial charge in [-0.3, -0.25) is 0 Å². The Morgan fingerprint density at radius 3 is 2.44 bits per heavy atom. The highest BCUT2D eigenvalue weighted by atomic mass is 35.5. The van der Waals surface area contributed by atoms with Crippen molar-refractivity contribution in [2.45, 2.75) is 6.61 Å². The normalized spacial score (nSPS) is 10.6. The van der Waals surface area contributed by atoms with Gasteiger partial charge in [-0.15, -0.1) is 0 Å². The van der Waals surface area contributed by atoms with Gasteiger partial charge in [-0.05, 0) is 54.1 Å². The lowest BCUT2D eigenvalue weighted by atomic mass is 10.1. The molecule has 4 aromatic rings. The number of nitrogens with two attached hydrogens (primary N) is 1. The summed E-state index contributed by atoms with van der Waals surface area (Å²) in [6.45, 7) is 0.311. The van der Waals surface area contributed by atoms with Crippen LogP contribution < -0.4 is 19.9 Å². The average molecular weight is 450 g/mol. The SMILES string of the molecule is COc1ccc(Oc2cnc(N)nc2-c2ccc(OCc3cccc(Cl)c3)cc2O)cc1. The lowest BCUT2D eigenvalue weighted by molar-refractivity contribution is 0.304. The molecule has 0 bridgehead atoms. The van der Waals surface area contributed by atoms with E-state index < -0.39 is 0 Å². The van der Waals surface area contributed by atoms with Crippen LogP contribution in [0.4, 0.5) is 5.95 Å². The number of anilines is 1. The molecule has 0 saturated heterocycles. The first-order valence-corrected chi connectivity index (χ1v) is 10.0. The van der Waals surface area contributed by atoms with Gasteiger partial charge in [0.05, 0.1) is 13.3 Å². The molecule has 0 atom stereocenters. The van der Waals surface area contributed by atoms with Crippen LogP contribution >= 0.6 is 11.6 Å². The first-order chi connectivity index (χ1) is 15.5. The third-order valence-electron chi connectivity index (χ3n) is 4.58. The van der Waals surface area contributed by atoms with Gasteiger partial charge in [0.25, 0.3) is 0 Å². The zero-order chi connectivity index (χ0) is 22.5. The van der Waals surface area contributed by atoms with Gasteiger partial charge >= 0.3 is 0 Å². The molecule has 0 aliphatic heterocycles. The molecule has 0 fully saturated rings. The molecule has 0 amide bonds. The maximum absolute atomic E-state index is 10.7. The van der Waals surface area contributed by atoms with E-state index in [1.807, 2.05) is 18.2 Å². The predicted octanol–water partition coefficient (Wildman–Crippen LogP) is 5.46. The standard InChI is InChI=1S/C24H20ClN3O4/c1-30-17-5-7-18(8-6-17)32-22-13-27-24(26)28-23(22)20-10-9-19(12-21(20)29)31-14-15-3-2-4-16(25)11-15/h2-13,29H,14H2,1H3,(H2,26,27,28). The number of phenolic OH excluding ortho intramolecular Hbond substituents is 1. The molecule has 0 aliphatic carbocycles. The van der Waals surface area contributed by atoms with Crippen molar-refractivity contribution >= 4 is 17.5 Å². The lowest BCUT2D eigenvalue weighted by Gasteiger charge is -2.13. The van der Waals surface area contributed by atoms with Crippen molar-refractivity contribution in [3.05, 3.63) is 83.5 Å². The Morgan fingerprint density at radius 1 is 0.969 bits per heavy atom. The minimum absolute atomic E-state index is 0.0359. The number of aromatic hydroxyl groups is 1. The molecule has 3 aromatic carbocycles. The molecule has 0 radical (unpaired) electrons. The van der Waals surface area contributed by atoms with E-state index in [0.29, 0.717) is 45.9 Å². The Kier molecular flexibility index (Phi) is 6.28. The van der Waals surface area contributed by atoms with Crippen LogP contribution in [0.3, 0.4) is 0 Å². The van der Waals surface area contributed by atoms with E-state index in [9.17, 15) is 5.11 Å². The van der Waals surface area contributed by atoms with E-state index >= 15 is 0 Å². The highest BCUT2D eigenvalue weighted by Crippen LogP contribution is 2.38. The van der Waals surface area contributed by atoms with Crippen LogP contribution in [0.25, 0.3) is 11.3 Å². The molecule has 4 rings (SSSR count). The van der Waals surface area contributed by atoms with Crippen LogP contribution in [-0.4, -0.2) is 22.2 Å². The molecule has 7 nitrogen and oxygen atoms in total. The largest absolute Gasteiger partial charge is 0.507 e. The number of hydrogen-bond donors (Lipinski definition) is 2. The van der Waals surface area contributed by atoms with E-state index in [1.54, 1.807) is 49.6 Å². The molecule has 0 spiro atoms. The van der Waals surface area contributed by atoms with Crippen molar-refractivity contribution in [1.29, 1.82) is 0 Å². The maximum atomic E-state index is 10.7. The zero-order valence-corrected chi connectivity index (χ0v) is 17.9. The van der Waals surface area contributed by atoms with Crippen molar-refractivity contribution in [3.63, 3.8) is 0 Å². The smallest absolute Gasteiger partial charge is 0.220 e. The molecule has 0 aliphatic rings. The number of halogens is 1. The van der Waals surface area contributed by atoms with Crippen LogP contribution in [0.5, 0.6) is 28.7 Å². The Morgan fingerprint density at radius 2 is 1.72 bits per heavy atom. The highest BCUT2D eigenvalue weighted by Gasteiger charge is 2.16. The van der Waals surface area contributed by atoms with Crippen LogP contribution in [0.15, 0.2) is 72.9 Å². The molecule has 3 N–H and O–H groups in total. The molecule has 8 heteroatoms. The number of aromatic nitrogens is 2. The summed E-state index contributed by atoms with van der Waals surface area (Å²) in [5.41, 5.74) is 7.49. The fraction of sp³-hybridized carbons (Fsp3) is 0.0833. The summed E-state index contributed by atoms with van der Waals surface area (Å²) in [5, 5.41) is 11.3. The highest BCUT2D eigenvalue weighted by molar-refractivity contribution is 6.30. The third kappa shape index (κ3) is 5.01. The van der Waals surface area contributed by atoms with E-state index in [4.69, 9.17) is 31.5 Å². The van der Waals surface area contributed by atoms with Gasteiger partial charge in [0.15, 0.2) is 5.75 Å². The molecule has 0 saturated carbocycles. The number of hydrogen-bond acceptors (Lipinski definition) is 7. The van der Waals surface area contributed by atoms with Gasteiger partial charge in [0.1, 0.15) is 35.3 Å². The number of benzene rings is 3. The minimum Gasteiger partial charge on any atom is -0.507 e. The van der Waals surface area contributed by atoms with Crippen molar-refractivity contribution in [1.82, 2.24) is 9.97 Å². The molecule has 1 heterocycles. The third-order valence-corrected chi connectivity index (χ3v) is 4.82. The topological polar surface area (TPSA) is 99.7 Å². The Hall–Kier alpha value is -3.97. The number of nitrogen functional groups attached to an aromatic ring is 1. The summed E-state index contributed by atoms with van der Waals surface area (Å²) in [6, 6.07) is 19.4. The van der Waals surface area contributed by atoms with Crippen LogP contribution in [0.2, 0.25) is 5.02 Å². The summed E-state index contributed by atoms with van der Waals surface area (Å²) in [6.07, 6.45) is 1.46. The molecule has 162 valence electrons. The molecular weight excluding hydrogens is 430 g/mol. The predicted molar refractivity (Wildman–Crippen MR) is 122 cm³/mol. The van der Waals surface area contributed by atoms with E-state index in [0.717, 1.165) is 5.56 Å². The van der Waals surface area contributed by atoms with Gasteiger partial charge in [-0.2, -0.15) is 0 Å². The molecule has 32 heavy (non-hydrogen) atoms. The van der Waals surface area contributed by atoms with Crippen molar-refractivity contribution in [2.24, 2.45) is 0 Å². The van der Waals surface area contributed by atoms with Crippen molar-refractivity contribution < 1.29 is 19.3 Å². The second-order valence-electron chi connectivity index (χ2n) is 6.82. The first-order valence-electron chi connectivity index (χ1n) is 9.67. The summed E-state index contributed by atoms with van der Waals surface area (Å²) < 4.78 is 16.9. The fourth-order valence-corrected chi connectivity index (χ4v) is 3.23. The maximum Gasteiger partial charge on any atom is 0.220 e. The van der Waals surface area contributed by atoms with Gasteiger partial charge in [0, 0.05) is 16.7 Å². The van der Waals surface area contributed by atoms with Crippen LogP contribution in [-0.2, 0) is 6.61 Å². The monoisotopic (exact) mass is 449 g/mol. The first kappa shape index (κ1) is 21.3.